The number of carbonyl (C=O) groups excluding carboxylic acids is 1. The van der Waals surface area contributed by atoms with Crippen molar-refractivity contribution in [2.75, 3.05) is 13.1 Å². The molecule has 0 spiro atoms. The molecular weight excluding hydrogens is 322 g/mol. The number of carbonyl (C=O) groups is 1. The van der Waals surface area contributed by atoms with Crippen LogP contribution in [-0.4, -0.2) is 24.0 Å². The average Bonchev–Trinajstić information content (AvgIpc) is 2.69. The van der Waals surface area contributed by atoms with E-state index < -0.39 is 0 Å². The second kappa shape index (κ2) is 6.89. The molecule has 1 aromatic heterocycles. The molecule has 2 N–H and O–H groups in total. The van der Waals surface area contributed by atoms with Gasteiger partial charge < -0.3 is 10.6 Å². The van der Waals surface area contributed by atoms with Crippen molar-refractivity contribution in [2.45, 2.75) is 26.3 Å². The molecule has 1 atom stereocenters. The lowest BCUT2D eigenvalue weighted by atomic mass is 9.90. The van der Waals surface area contributed by atoms with Gasteiger partial charge in [-0.2, -0.15) is 0 Å². The van der Waals surface area contributed by atoms with Gasteiger partial charge in [0.25, 0.3) is 5.91 Å². The zero-order valence-electron chi connectivity index (χ0n) is 15.2. The Hall–Kier alpha value is -2.72. The molecule has 1 amide bonds. The van der Waals surface area contributed by atoms with Gasteiger partial charge in [0.2, 0.25) is 0 Å². The molecule has 1 aliphatic heterocycles. The first-order valence-corrected chi connectivity index (χ1v) is 9.07. The minimum Gasteiger partial charge on any atom is -0.351 e. The van der Waals surface area contributed by atoms with Gasteiger partial charge in [-0.15, -0.1) is 0 Å². The van der Waals surface area contributed by atoms with Crippen molar-refractivity contribution >= 4 is 16.8 Å². The molecule has 2 aromatic carbocycles. The molecule has 3 aromatic rings. The van der Waals surface area contributed by atoms with Gasteiger partial charge in [0.1, 0.15) is 0 Å². The number of benzene rings is 2. The highest BCUT2D eigenvalue weighted by atomic mass is 16.1. The highest BCUT2D eigenvalue weighted by Crippen LogP contribution is 2.25. The van der Waals surface area contributed by atoms with Crippen LogP contribution in [0, 0.1) is 13.8 Å². The van der Waals surface area contributed by atoms with Crippen LogP contribution in [0.3, 0.4) is 0 Å². The number of nitrogens with zero attached hydrogens (tertiary/aromatic N) is 1. The first-order chi connectivity index (χ1) is 12.6. The molecule has 0 saturated heterocycles. The Balaban J connectivity index is 1.59. The quantitative estimate of drug-likeness (QED) is 0.764. The highest BCUT2D eigenvalue weighted by molar-refractivity contribution is 6.07. The Labute approximate surface area is 153 Å². The summed E-state index contributed by atoms with van der Waals surface area (Å²) in [5.41, 5.74) is 6.47. The smallest absolute Gasteiger partial charge is 0.252 e. The number of hydrogen-bond acceptors (Lipinski definition) is 3. The van der Waals surface area contributed by atoms with Crippen LogP contribution in [0.4, 0.5) is 0 Å². The maximum atomic E-state index is 12.9. The molecule has 26 heavy (non-hydrogen) atoms. The maximum Gasteiger partial charge on any atom is 0.252 e. The summed E-state index contributed by atoms with van der Waals surface area (Å²) in [4.78, 5) is 17.4. The zero-order valence-corrected chi connectivity index (χ0v) is 15.2. The molecule has 0 fully saturated rings. The van der Waals surface area contributed by atoms with Crippen molar-refractivity contribution in [1.29, 1.82) is 0 Å². The predicted octanol–water partition coefficient (Wildman–Crippen LogP) is 3.47. The largest absolute Gasteiger partial charge is 0.351 e. The van der Waals surface area contributed by atoms with Crippen molar-refractivity contribution in [3.8, 4) is 0 Å². The molecule has 4 rings (SSSR count). The van der Waals surface area contributed by atoms with Crippen LogP contribution in [-0.2, 0) is 6.54 Å². The second-order valence-corrected chi connectivity index (χ2v) is 7.00. The van der Waals surface area contributed by atoms with Gasteiger partial charge in [0, 0.05) is 42.7 Å². The van der Waals surface area contributed by atoms with Gasteiger partial charge in [-0.3, -0.25) is 9.78 Å². The van der Waals surface area contributed by atoms with Gasteiger partial charge in [-0.05, 0) is 48.2 Å². The molecule has 0 aliphatic carbocycles. The summed E-state index contributed by atoms with van der Waals surface area (Å²) < 4.78 is 0. The summed E-state index contributed by atoms with van der Waals surface area (Å²) in [5.74, 6) is 0.258. The van der Waals surface area contributed by atoms with Crippen molar-refractivity contribution in [2.24, 2.45) is 0 Å². The van der Waals surface area contributed by atoms with Gasteiger partial charge in [-0.25, -0.2) is 0 Å². The van der Waals surface area contributed by atoms with E-state index in [1.54, 1.807) is 6.20 Å². The highest BCUT2D eigenvalue weighted by Gasteiger charge is 2.21. The number of aryl methyl sites for hydroxylation is 2. The summed E-state index contributed by atoms with van der Waals surface area (Å²) in [7, 11) is 0. The predicted molar refractivity (Wildman–Crippen MR) is 104 cm³/mol. The molecule has 2 heterocycles. The van der Waals surface area contributed by atoms with Gasteiger partial charge >= 0.3 is 0 Å². The number of amides is 1. The SMILES string of the molecule is Cc1cc(C(=O)NCC2CNCc3ccccc32)c2cccnc2c1C. The summed E-state index contributed by atoms with van der Waals surface area (Å²) >= 11 is 0. The summed E-state index contributed by atoms with van der Waals surface area (Å²) in [5, 5.41) is 7.49. The van der Waals surface area contributed by atoms with E-state index in [-0.39, 0.29) is 5.91 Å². The van der Waals surface area contributed by atoms with E-state index in [2.05, 4.69) is 46.8 Å². The summed E-state index contributed by atoms with van der Waals surface area (Å²) in [6, 6.07) is 14.3. The van der Waals surface area contributed by atoms with Crippen LogP contribution in [0.25, 0.3) is 10.9 Å². The minimum atomic E-state index is -0.0332. The molecule has 4 heteroatoms. The Bertz CT molecular complexity index is 980. The number of pyridine rings is 1. The monoisotopic (exact) mass is 345 g/mol. The molecule has 132 valence electrons. The van der Waals surface area contributed by atoms with E-state index in [1.807, 2.05) is 25.1 Å². The number of aromatic nitrogens is 1. The molecule has 1 aliphatic rings. The standard InChI is InChI=1S/C22H23N3O/c1-14-10-20(19-8-5-9-24-21(19)15(14)2)22(26)25-13-17-12-23-11-16-6-3-4-7-18(16)17/h3-10,17,23H,11-13H2,1-2H3,(H,25,26). The van der Waals surface area contributed by atoms with E-state index in [1.165, 1.54) is 11.1 Å². The fourth-order valence-electron chi connectivity index (χ4n) is 3.78. The van der Waals surface area contributed by atoms with Gasteiger partial charge in [-0.1, -0.05) is 30.3 Å². The van der Waals surface area contributed by atoms with E-state index in [0.29, 0.717) is 18.0 Å². The molecule has 0 radical (unpaired) electrons. The Morgan fingerprint density at radius 3 is 2.96 bits per heavy atom. The third-order valence-corrected chi connectivity index (χ3v) is 5.36. The summed E-state index contributed by atoms with van der Waals surface area (Å²) in [6.07, 6.45) is 1.78. The minimum absolute atomic E-state index is 0.0332. The van der Waals surface area contributed by atoms with Gasteiger partial charge in [0.15, 0.2) is 0 Å². The van der Waals surface area contributed by atoms with Crippen LogP contribution in [0.15, 0.2) is 48.7 Å². The second-order valence-electron chi connectivity index (χ2n) is 7.00. The van der Waals surface area contributed by atoms with E-state index in [0.717, 1.165) is 35.1 Å². The van der Waals surface area contributed by atoms with E-state index >= 15 is 0 Å². The summed E-state index contributed by atoms with van der Waals surface area (Å²) in [6.45, 7) is 6.48. The number of rotatable bonds is 3. The molecule has 1 unspecified atom stereocenters. The fourth-order valence-corrected chi connectivity index (χ4v) is 3.78. The van der Waals surface area contributed by atoms with Crippen LogP contribution < -0.4 is 10.6 Å². The molecule has 0 saturated carbocycles. The van der Waals surface area contributed by atoms with Crippen LogP contribution in [0.5, 0.6) is 0 Å². The number of hydrogen-bond donors (Lipinski definition) is 2. The first kappa shape index (κ1) is 16.7. The van der Waals surface area contributed by atoms with Crippen molar-refractivity contribution < 1.29 is 4.79 Å². The Kier molecular flexibility index (Phi) is 4.43. The van der Waals surface area contributed by atoms with Crippen molar-refractivity contribution in [3.63, 3.8) is 0 Å². The molecule has 4 nitrogen and oxygen atoms in total. The average molecular weight is 345 g/mol. The lowest BCUT2D eigenvalue weighted by molar-refractivity contribution is 0.0952. The lowest BCUT2D eigenvalue weighted by Gasteiger charge is -2.26. The topological polar surface area (TPSA) is 54.0 Å². The number of fused-ring (bicyclic) bond motifs is 2. The fraction of sp³-hybridized carbons (Fsp3) is 0.273. The maximum absolute atomic E-state index is 12.9. The number of nitrogens with one attached hydrogen (secondary N) is 2. The molecular formula is C22H23N3O. The Morgan fingerprint density at radius 2 is 2.08 bits per heavy atom. The van der Waals surface area contributed by atoms with Crippen LogP contribution >= 0.6 is 0 Å². The van der Waals surface area contributed by atoms with E-state index in [4.69, 9.17) is 0 Å². The zero-order chi connectivity index (χ0) is 18.1. The van der Waals surface area contributed by atoms with E-state index in [9.17, 15) is 4.79 Å². The molecule has 0 bridgehead atoms. The van der Waals surface area contributed by atoms with Crippen LogP contribution in [0.2, 0.25) is 0 Å². The van der Waals surface area contributed by atoms with Crippen molar-refractivity contribution in [1.82, 2.24) is 15.6 Å². The normalized spacial score (nSPS) is 16.3. The lowest BCUT2D eigenvalue weighted by Crippen LogP contribution is -2.36. The third-order valence-electron chi connectivity index (χ3n) is 5.36. The Morgan fingerprint density at radius 1 is 1.23 bits per heavy atom. The third kappa shape index (κ3) is 2.97. The van der Waals surface area contributed by atoms with Crippen LogP contribution in [0.1, 0.15) is 38.5 Å². The van der Waals surface area contributed by atoms with Gasteiger partial charge in [0.05, 0.1) is 5.52 Å². The first-order valence-electron chi connectivity index (χ1n) is 9.07. The van der Waals surface area contributed by atoms with Crippen molar-refractivity contribution in [3.05, 3.63) is 76.5 Å².